The van der Waals surface area contributed by atoms with Crippen molar-refractivity contribution in [2.45, 2.75) is 53.0 Å². The monoisotopic (exact) mass is 369 g/mol. The Kier molecular flexibility index (Phi) is 6.89. The molecule has 1 atom stereocenters. The Morgan fingerprint density at radius 3 is 2.15 bits per heavy atom. The fraction of sp³-hybridized carbons (Fsp3) is 0.435. The van der Waals surface area contributed by atoms with Crippen molar-refractivity contribution in [1.82, 2.24) is 5.32 Å². The van der Waals surface area contributed by atoms with Gasteiger partial charge in [0.05, 0.1) is 26.7 Å². The van der Waals surface area contributed by atoms with Crippen molar-refractivity contribution in [2.75, 3.05) is 14.2 Å². The van der Waals surface area contributed by atoms with Crippen LogP contribution in [-0.2, 0) is 11.2 Å². The molecule has 146 valence electrons. The molecular formula is C23H31NO3. The van der Waals surface area contributed by atoms with Crippen LogP contribution in [-0.4, -0.2) is 20.1 Å². The van der Waals surface area contributed by atoms with Crippen molar-refractivity contribution in [2.24, 2.45) is 0 Å². The van der Waals surface area contributed by atoms with Crippen LogP contribution >= 0.6 is 0 Å². The molecule has 4 heteroatoms. The van der Waals surface area contributed by atoms with Gasteiger partial charge < -0.3 is 14.8 Å². The summed E-state index contributed by atoms with van der Waals surface area (Å²) < 4.78 is 10.8. The standard InChI is InChI=1S/C23H31NO3/c1-14(2)19-13-20(15(3)11-22(19)27-7)17(5)24-23(25)12-18-8-9-21(26-6)16(4)10-18/h8-11,13-14,17H,12H2,1-7H3,(H,24,25)/t17-/m0/s1. The smallest absolute Gasteiger partial charge is 0.224 e. The summed E-state index contributed by atoms with van der Waals surface area (Å²) >= 11 is 0. The summed E-state index contributed by atoms with van der Waals surface area (Å²) in [5.74, 6) is 2.10. The molecule has 1 amide bonds. The van der Waals surface area contributed by atoms with Crippen LogP contribution in [0.25, 0.3) is 0 Å². The molecular weight excluding hydrogens is 338 g/mol. The molecule has 0 unspecified atom stereocenters. The van der Waals surface area contributed by atoms with Crippen molar-refractivity contribution in [1.29, 1.82) is 0 Å². The van der Waals surface area contributed by atoms with Crippen LogP contribution in [0.4, 0.5) is 0 Å². The Labute approximate surface area is 162 Å². The van der Waals surface area contributed by atoms with E-state index in [1.165, 1.54) is 0 Å². The van der Waals surface area contributed by atoms with Crippen LogP contribution < -0.4 is 14.8 Å². The summed E-state index contributed by atoms with van der Waals surface area (Å²) in [7, 11) is 3.35. The summed E-state index contributed by atoms with van der Waals surface area (Å²) in [6.07, 6.45) is 0.349. The van der Waals surface area contributed by atoms with Gasteiger partial charge in [-0.15, -0.1) is 0 Å². The highest BCUT2D eigenvalue weighted by Gasteiger charge is 2.17. The lowest BCUT2D eigenvalue weighted by Crippen LogP contribution is -2.28. The summed E-state index contributed by atoms with van der Waals surface area (Å²) in [4.78, 5) is 12.5. The minimum atomic E-state index is -0.0692. The molecule has 0 fully saturated rings. The molecule has 0 aliphatic heterocycles. The maximum Gasteiger partial charge on any atom is 0.224 e. The molecule has 0 bridgehead atoms. The van der Waals surface area contributed by atoms with E-state index in [2.05, 4.69) is 38.2 Å². The summed E-state index contributed by atoms with van der Waals surface area (Å²) in [5.41, 5.74) is 5.41. The van der Waals surface area contributed by atoms with E-state index in [4.69, 9.17) is 9.47 Å². The average Bonchev–Trinajstić information content (AvgIpc) is 2.60. The molecule has 0 radical (unpaired) electrons. The second-order valence-electron chi connectivity index (χ2n) is 7.38. The highest BCUT2D eigenvalue weighted by Crippen LogP contribution is 2.32. The number of hydrogen-bond donors (Lipinski definition) is 1. The first-order valence-electron chi connectivity index (χ1n) is 9.38. The second-order valence-corrected chi connectivity index (χ2v) is 7.38. The van der Waals surface area contributed by atoms with E-state index >= 15 is 0 Å². The molecule has 27 heavy (non-hydrogen) atoms. The molecule has 0 heterocycles. The lowest BCUT2D eigenvalue weighted by Gasteiger charge is -2.21. The number of rotatable bonds is 7. The molecule has 0 aliphatic rings. The van der Waals surface area contributed by atoms with Crippen molar-refractivity contribution < 1.29 is 14.3 Å². The van der Waals surface area contributed by atoms with Gasteiger partial charge in [-0.25, -0.2) is 0 Å². The maximum absolute atomic E-state index is 12.5. The average molecular weight is 370 g/mol. The Bertz CT molecular complexity index is 812. The zero-order valence-electron chi connectivity index (χ0n) is 17.5. The van der Waals surface area contributed by atoms with Gasteiger partial charge in [-0.05, 0) is 72.7 Å². The van der Waals surface area contributed by atoms with Crippen LogP contribution in [0, 0.1) is 13.8 Å². The molecule has 0 saturated heterocycles. The van der Waals surface area contributed by atoms with Gasteiger partial charge in [0.15, 0.2) is 0 Å². The number of nitrogens with one attached hydrogen (secondary N) is 1. The number of aryl methyl sites for hydroxylation is 2. The molecule has 2 rings (SSSR count). The maximum atomic E-state index is 12.5. The van der Waals surface area contributed by atoms with Crippen molar-refractivity contribution in [3.8, 4) is 11.5 Å². The van der Waals surface area contributed by atoms with Crippen molar-refractivity contribution in [3.63, 3.8) is 0 Å². The number of hydrogen-bond acceptors (Lipinski definition) is 3. The van der Waals surface area contributed by atoms with Gasteiger partial charge >= 0.3 is 0 Å². The first-order valence-corrected chi connectivity index (χ1v) is 9.38. The first-order chi connectivity index (χ1) is 12.8. The van der Waals surface area contributed by atoms with Gasteiger partial charge in [-0.3, -0.25) is 4.79 Å². The van der Waals surface area contributed by atoms with Gasteiger partial charge in [-0.1, -0.05) is 26.0 Å². The van der Waals surface area contributed by atoms with Crippen LogP contribution in [0.1, 0.15) is 60.5 Å². The number of ether oxygens (including phenoxy) is 2. The minimum absolute atomic E-state index is 0.00776. The molecule has 2 aromatic rings. The third-order valence-electron chi connectivity index (χ3n) is 4.91. The van der Waals surface area contributed by atoms with Gasteiger partial charge in [0, 0.05) is 0 Å². The lowest BCUT2D eigenvalue weighted by atomic mass is 9.93. The van der Waals surface area contributed by atoms with E-state index in [9.17, 15) is 4.79 Å². The zero-order chi connectivity index (χ0) is 20.1. The van der Waals surface area contributed by atoms with Crippen molar-refractivity contribution in [3.05, 3.63) is 58.1 Å². The zero-order valence-corrected chi connectivity index (χ0v) is 17.5. The number of carbonyl (C=O) groups is 1. The van der Waals surface area contributed by atoms with E-state index in [1.807, 2.05) is 32.0 Å². The predicted molar refractivity (Wildman–Crippen MR) is 110 cm³/mol. The highest BCUT2D eigenvalue weighted by atomic mass is 16.5. The fourth-order valence-electron chi connectivity index (χ4n) is 3.42. The number of carbonyl (C=O) groups excluding carboxylic acids is 1. The van der Waals surface area contributed by atoms with Crippen LogP contribution in [0.15, 0.2) is 30.3 Å². The Hall–Kier alpha value is -2.49. The SMILES string of the molecule is COc1ccc(CC(=O)N[C@@H](C)c2cc(C(C)C)c(OC)cc2C)cc1C. The van der Waals surface area contributed by atoms with Gasteiger partial charge in [0.25, 0.3) is 0 Å². The fourth-order valence-corrected chi connectivity index (χ4v) is 3.42. The molecule has 2 aromatic carbocycles. The van der Waals surface area contributed by atoms with E-state index < -0.39 is 0 Å². The summed E-state index contributed by atoms with van der Waals surface area (Å²) in [6.45, 7) is 10.4. The minimum Gasteiger partial charge on any atom is -0.496 e. The van der Waals surface area contributed by atoms with Gasteiger partial charge in [0.2, 0.25) is 5.91 Å². The predicted octanol–water partition coefficient (Wildman–Crippen LogP) is 4.86. The summed E-state index contributed by atoms with van der Waals surface area (Å²) in [6, 6.07) is 9.98. The number of methoxy groups -OCH3 is 2. The Balaban J connectivity index is 2.14. The Morgan fingerprint density at radius 1 is 0.926 bits per heavy atom. The molecule has 0 aliphatic carbocycles. The van der Waals surface area contributed by atoms with E-state index in [0.29, 0.717) is 12.3 Å². The molecule has 4 nitrogen and oxygen atoms in total. The van der Waals surface area contributed by atoms with Gasteiger partial charge in [0.1, 0.15) is 11.5 Å². The first kappa shape index (κ1) is 20.8. The van der Waals surface area contributed by atoms with E-state index in [1.54, 1.807) is 14.2 Å². The van der Waals surface area contributed by atoms with Gasteiger partial charge in [-0.2, -0.15) is 0 Å². The lowest BCUT2D eigenvalue weighted by molar-refractivity contribution is -0.121. The largest absolute Gasteiger partial charge is 0.496 e. The third kappa shape index (κ3) is 5.03. The Morgan fingerprint density at radius 2 is 1.59 bits per heavy atom. The molecule has 0 aromatic heterocycles. The van der Waals surface area contributed by atoms with E-state index in [-0.39, 0.29) is 11.9 Å². The molecule has 0 saturated carbocycles. The normalized spacial score (nSPS) is 12.0. The van der Waals surface area contributed by atoms with Crippen LogP contribution in [0.3, 0.4) is 0 Å². The van der Waals surface area contributed by atoms with Crippen LogP contribution in [0.2, 0.25) is 0 Å². The van der Waals surface area contributed by atoms with Crippen LogP contribution in [0.5, 0.6) is 11.5 Å². The molecule has 1 N–H and O–H groups in total. The second kappa shape index (κ2) is 8.94. The topological polar surface area (TPSA) is 47.6 Å². The molecule has 0 spiro atoms. The van der Waals surface area contributed by atoms with E-state index in [0.717, 1.165) is 39.3 Å². The summed E-state index contributed by atoms with van der Waals surface area (Å²) in [5, 5.41) is 3.13. The number of benzene rings is 2. The number of amides is 1. The highest BCUT2D eigenvalue weighted by molar-refractivity contribution is 5.79. The quantitative estimate of drug-likeness (QED) is 0.758. The third-order valence-corrected chi connectivity index (χ3v) is 4.91. The van der Waals surface area contributed by atoms with Crippen molar-refractivity contribution >= 4 is 5.91 Å².